The fourth-order valence-corrected chi connectivity index (χ4v) is 6.45. The van der Waals surface area contributed by atoms with Crippen LogP contribution in [0.4, 0.5) is 11.4 Å². The van der Waals surface area contributed by atoms with Crippen LogP contribution in [0.15, 0.2) is 42.5 Å². The summed E-state index contributed by atoms with van der Waals surface area (Å²) in [5, 5.41) is 6.33. The maximum absolute atomic E-state index is 13.1. The maximum atomic E-state index is 13.1. The molecule has 6 atom stereocenters. The molecular formula is C23H20BrClN2O4. The lowest BCUT2D eigenvalue weighted by atomic mass is 9.79. The normalized spacial score (nSPS) is 30.2. The van der Waals surface area contributed by atoms with Gasteiger partial charge in [0.2, 0.25) is 5.91 Å². The van der Waals surface area contributed by atoms with Gasteiger partial charge in [0.15, 0.2) is 0 Å². The zero-order valence-electron chi connectivity index (χ0n) is 16.6. The van der Waals surface area contributed by atoms with Crippen molar-refractivity contribution in [2.24, 2.45) is 23.7 Å². The number of nitrogens with one attached hydrogen (secondary N) is 2. The van der Waals surface area contributed by atoms with Crippen LogP contribution >= 0.6 is 27.5 Å². The van der Waals surface area contributed by atoms with Crippen molar-refractivity contribution in [2.45, 2.75) is 24.3 Å². The molecule has 0 radical (unpaired) electrons. The first kappa shape index (κ1) is 20.5. The predicted molar refractivity (Wildman–Crippen MR) is 120 cm³/mol. The van der Waals surface area contributed by atoms with E-state index in [1.165, 1.54) is 0 Å². The summed E-state index contributed by atoms with van der Waals surface area (Å²) < 4.78 is 5.48. The molecule has 2 aliphatic carbocycles. The minimum atomic E-state index is -0.424. The SMILES string of the molecule is Cc1c(Cl)cccc1NC(=O)c1cccc(NC(=O)[C@@H]2[C@H]3C[C@H]4[C@H](OC(=O)[C@@H]42)[C@@H]3Br)c1. The van der Waals surface area contributed by atoms with Crippen molar-refractivity contribution in [3.05, 3.63) is 58.6 Å². The average molecular weight is 504 g/mol. The maximum Gasteiger partial charge on any atom is 0.310 e. The third-order valence-corrected chi connectivity index (χ3v) is 8.34. The highest BCUT2D eigenvalue weighted by Crippen LogP contribution is 2.60. The van der Waals surface area contributed by atoms with E-state index < -0.39 is 5.92 Å². The molecule has 2 bridgehead atoms. The number of amides is 2. The smallest absolute Gasteiger partial charge is 0.310 e. The Bertz CT molecular complexity index is 1110. The molecule has 31 heavy (non-hydrogen) atoms. The van der Waals surface area contributed by atoms with E-state index in [-0.39, 0.29) is 46.5 Å². The number of carbonyl (C=O) groups excluding carboxylic acids is 3. The van der Waals surface area contributed by atoms with Gasteiger partial charge in [0, 0.05) is 27.9 Å². The van der Waals surface area contributed by atoms with E-state index in [1.54, 1.807) is 42.5 Å². The molecule has 160 valence electrons. The van der Waals surface area contributed by atoms with E-state index >= 15 is 0 Å². The topological polar surface area (TPSA) is 84.5 Å². The molecule has 2 saturated carbocycles. The lowest BCUT2D eigenvalue weighted by molar-refractivity contribution is -0.145. The Morgan fingerprint density at radius 1 is 1.13 bits per heavy atom. The number of fused-ring (bicyclic) bond motifs is 1. The Morgan fingerprint density at radius 3 is 2.71 bits per heavy atom. The number of ether oxygens (including phenoxy) is 1. The van der Waals surface area contributed by atoms with Gasteiger partial charge in [0.05, 0.1) is 16.7 Å². The van der Waals surface area contributed by atoms with Gasteiger partial charge in [0.1, 0.15) is 6.10 Å². The summed E-state index contributed by atoms with van der Waals surface area (Å²) in [5.41, 5.74) is 2.33. The van der Waals surface area contributed by atoms with Crippen LogP contribution < -0.4 is 10.6 Å². The van der Waals surface area contributed by atoms with E-state index in [4.69, 9.17) is 16.3 Å². The van der Waals surface area contributed by atoms with Gasteiger partial charge in [-0.2, -0.15) is 0 Å². The van der Waals surface area contributed by atoms with Crippen molar-refractivity contribution in [2.75, 3.05) is 10.6 Å². The molecule has 0 spiro atoms. The van der Waals surface area contributed by atoms with Crippen molar-refractivity contribution in [1.29, 1.82) is 0 Å². The monoisotopic (exact) mass is 502 g/mol. The fraction of sp³-hybridized carbons (Fsp3) is 0.348. The van der Waals surface area contributed by atoms with Crippen molar-refractivity contribution in [3.8, 4) is 0 Å². The van der Waals surface area contributed by atoms with Gasteiger partial charge >= 0.3 is 5.97 Å². The molecule has 5 rings (SSSR count). The Balaban J connectivity index is 1.32. The summed E-state index contributed by atoms with van der Waals surface area (Å²) >= 11 is 9.75. The van der Waals surface area contributed by atoms with E-state index in [9.17, 15) is 14.4 Å². The van der Waals surface area contributed by atoms with Crippen LogP contribution in [-0.2, 0) is 14.3 Å². The average Bonchev–Trinajstić information content (AvgIpc) is 3.36. The fourth-order valence-electron chi connectivity index (χ4n) is 5.23. The number of esters is 1. The van der Waals surface area contributed by atoms with Crippen LogP contribution in [0, 0.1) is 30.6 Å². The molecule has 2 amide bonds. The first-order valence-electron chi connectivity index (χ1n) is 10.2. The number of anilines is 2. The van der Waals surface area contributed by atoms with E-state index in [2.05, 4.69) is 26.6 Å². The number of alkyl halides is 1. The van der Waals surface area contributed by atoms with Crippen LogP contribution in [0.5, 0.6) is 0 Å². The number of hydrogen-bond donors (Lipinski definition) is 2. The first-order chi connectivity index (χ1) is 14.8. The van der Waals surface area contributed by atoms with E-state index in [0.29, 0.717) is 22.0 Å². The summed E-state index contributed by atoms with van der Waals surface area (Å²) in [5.74, 6) is -1.40. The van der Waals surface area contributed by atoms with Gasteiger partial charge in [-0.25, -0.2) is 0 Å². The summed E-state index contributed by atoms with van der Waals surface area (Å²) in [4.78, 5) is 38.1. The zero-order valence-corrected chi connectivity index (χ0v) is 18.9. The van der Waals surface area contributed by atoms with E-state index in [0.717, 1.165) is 12.0 Å². The number of benzene rings is 2. The standard InChI is InChI=1S/C23H20BrClN2O4/c1-10-15(25)6-3-7-16(10)27-21(28)11-4-2-5-12(8-11)26-22(29)17-13-9-14-18(17)23(30)31-20(14)19(13)24/h2-8,13-14,17-20H,9H2,1H3,(H,26,29)(H,27,28)/t13-,14-,17-,18+,19-,20+/m1/s1. The molecule has 6 nitrogen and oxygen atoms in total. The lowest BCUT2D eigenvalue weighted by Gasteiger charge is -2.27. The third kappa shape index (κ3) is 3.34. The minimum absolute atomic E-state index is 0.00833. The molecule has 2 N–H and O–H groups in total. The Morgan fingerprint density at radius 2 is 1.90 bits per heavy atom. The van der Waals surface area contributed by atoms with Gasteiger partial charge in [-0.1, -0.05) is 39.7 Å². The molecule has 3 aliphatic rings. The first-order valence-corrected chi connectivity index (χ1v) is 11.5. The Hall–Kier alpha value is -2.38. The van der Waals surface area contributed by atoms with Crippen molar-refractivity contribution < 1.29 is 19.1 Å². The summed E-state index contributed by atoms with van der Waals surface area (Å²) in [7, 11) is 0. The minimum Gasteiger partial charge on any atom is -0.461 e. The largest absolute Gasteiger partial charge is 0.461 e. The van der Waals surface area contributed by atoms with Crippen LogP contribution in [-0.4, -0.2) is 28.7 Å². The van der Waals surface area contributed by atoms with Gasteiger partial charge in [0.25, 0.3) is 5.91 Å². The van der Waals surface area contributed by atoms with Gasteiger partial charge in [-0.05, 0) is 55.2 Å². The third-order valence-electron chi connectivity index (χ3n) is 6.73. The number of carbonyl (C=O) groups is 3. The highest BCUT2D eigenvalue weighted by molar-refractivity contribution is 9.09. The molecule has 1 saturated heterocycles. The number of halogens is 2. The van der Waals surface area contributed by atoms with Crippen LogP contribution in [0.1, 0.15) is 22.3 Å². The van der Waals surface area contributed by atoms with Gasteiger partial charge < -0.3 is 15.4 Å². The van der Waals surface area contributed by atoms with Crippen molar-refractivity contribution >= 4 is 56.7 Å². The van der Waals surface area contributed by atoms with Crippen molar-refractivity contribution in [1.82, 2.24) is 0 Å². The molecule has 1 aliphatic heterocycles. The van der Waals surface area contributed by atoms with Gasteiger partial charge in [-0.3, -0.25) is 14.4 Å². The predicted octanol–water partition coefficient (Wildman–Crippen LogP) is 4.41. The second-order valence-electron chi connectivity index (χ2n) is 8.40. The summed E-state index contributed by atoms with van der Waals surface area (Å²) in [6.45, 7) is 1.83. The molecular weight excluding hydrogens is 484 g/mol. The summed E-state index contributed by atoms with van der Waals surface area (Å²) in [6, 6.07) is 12.1. The molecule has 3 fully saturated rings. The number of hydrogen-bond acceptors (Lipinski definition) is 4. The highest BCUT2D eigenvalue weighted by atomic mass is 79.9. The lowest BCUT2D eigenvalue weighted by Crippen LogP contribution is -2.40. The highest BCUT2D eigenvalue weighted by Gasteiger charge is 2.67. The molecule has 1 heterocycles. The molecule has 0 aromatic heterocycles. The van der Waals surface area contributed by atoms with Crippen molar-refractivity contribution in [3.63, 3.8) is 0 Å². The quantitative estimate of drug-likeness (QED) is 0.478. The van der Waals surface area contributed by atoms with Crippen LogP contribution in [0.25, 0.3) is 0 Å². The van der Waals surface area contributed by atoms with Gasteiger partial charge in [-0.15, -0.1) is 0 Å². The molecule has 2 aromatic carbocycles. The molecule has 0 unspecified atom stereocenters. The van der Waals surface area contributed by atoms with E-state index in [1.807, 2.05) is 6.92 Å². The molecule has 8 heteroatoms. The second-order valence-corrected chi connectivity index (χ2v) is 9.86. The van der Waals surface area contributed by atoms with Crippen LogP contribution in [0.2, 0.25) is 5.02 Å². The van der Waals surface area contributed by atoms with Crippen LogP contribution in [0.3, 0.4) is 0 Å². The summed E-state index contributed by atoms with van der Waals surface area (Å²) in [6.07, 6.45) is 0.699. The zero-order chi connectivity index (χ0) is 21.9. The Kier molecular flexibility index (Phi) is 5.06. The molecule has 2 aromatic rings. The number of rotatable bonds is 4. The Labute approximate surface area is 192 Å². The second kappa shape index (κ2) is 7.64.